The van der Waals surface area contributed by atoms with E-state index in [-0.39, 0.29) is 12.5 Å². The fourth-order valence-corrected chi connectivity index (χ4v) is 1.63. The van der Waals surface area contributed by atoms with Crippen LogP contribution in [0.25, 0.3) is 0 Å². The van der Waals surface area contributed by atoms with Crippen molar-refractivity contribution in [1.82, 2.24) is 0 Å². The molecule has 0 heterocycles. The van der Waals surface area contributed by atoms with Crippen LogP contribution >= 0.6 is 23.2 Å². The summed E-state index contributed by atoms with van der Waals surface area (Å²) >= 11 is 11.6. The minimum atomic E-state index is -1.09. The molecule has 3 N–H and O–H groups in total. The van der Waals surface area contributed by atoms with E-state index in [9.17, 15) is 9.90 Å². The van der Waals surface area contributed by atoms with Crippen LogP contribution in [-0.4, -0.2) is 12.0 Å². The Bertz CT molecular complexity index is 368. The first kappa shape index (κ1) is 12.3. The zero-order valence-corrected chi connectivity index (χ0v) is 9.52. The van der Waals surface area contributed by atoms with Gasteiger partial charge in [-0.1, -0.05) is 29.3 Å². The van der Waals surface area contributed by atoms with Crippen LogP contribution in [0.2, 0.25) is 10.0 Å². The van der Waals surface area contributed by atoms with Crippen LogP contribution in [0.1, 0.15) is 12.0 Å². The molecule has 0 saturated heterocycles. The second-order valence-electron chi connectivity index (χ2n) is 3.39. The Kier molecular flexibility index (Phi) is 4.39. The molecule has 1 aromatic rings. The van der Waals surface area contributed by atoms with E-state index < -0.39 is 5.97 Å². The summed E-state index contributed by atoms with van der Waals surface area (Å²) in [6.07, 6.45) is 0.491. The summed E-state index contributed by atoms with van der Waals surface area (Å²) in [5, 5.41) is 11.3. The first-order chi connectivity index (χ1) is 6.99. The van der Waals surface area contributed by atoms with Gasteiger partial charge in [-0.25, -0.2) is 0 Å². The van der Waals surface area contributed by atoms with Crippen molar-refractivity contribution in [1.29, 1.82) is 0 Å². The standard InChI is InChI=1S/C10H11Cl2NO2/c11-8-2-1-6(4-9(8)12)3-7(13)5-10(14)15/h1-2,4,7H,3,5,13H2,(H,14,15)/t7-/m0/s1. The number of carbonyl (C=O) groups excluding carboxylic acids is 1. The van der Waals surface area contributed by atoms with E-state index in [0.29, 0.717) is 16.5 Å². The number of carbonyl (C=O) groups is 1. The molecule has 3 nitrogen and oxygen atoms in total. The maximum atomic E-state index is 10.3. The fraction of sp³-hybridized carbons (Fsp3) is 0.300. The maximum Gasteiger partial charge on any atom is 0.0937 e. The molecule has 0 aliphatic heterocycles. The van der Waals surface area contributed by atoms with Crippen LogP contribution in [0.5, 0.6) is 0 Å². The van der Waals surface area contributed by atoms with E-state index in [1.165, 1.54) is 0 Å². The summed E-state index contributed by atoms with van der Waals surface area (Å²) in [6, 6.07) is 5.00. The van der Waals surface area contributed by atoms with Crippen LogP contribution in [0.3, 0.4) is 0 Å². The van der Waals surface area contributed by atoms with Crippen molar-refractivity contribution in [3.63, 3.8) is 0 Å². The summed E-state index contributed by atoms with van der Waals surface area (Å²) < 4.78 is 0. The fourth-order valence-electron chi connectivity index (χ4n) is 1.31. The molecule has 0 spiro atoms. The molecule has 0 bridgehead atoms. The van der Waals surface area contributed by atoms with Crippen molar-refractivity contribution >= 4 is 29.2 Å². The second-order valence-corrected chi connectivity index (χ2v) is 4.21. The summed E-state index contributed by atoms with van der Waals surface area (Å²) in [6.45, 7) is 0. The number of hydrogen-bond acceptors (Lipinski definition) is 2. The lowest BCUT2D eigenvalue weighted by Gasteiger charge is -2.09. The Morgan fingerprint density at radius 1 is 1.40 bits per heavy atom. The number of halogens is 2. The van der Waals surface area contributed by atoms with Crippen molar-refractivity contribution in [3.05, 3.63) is 33.8 Å². The van der Waals surface area contributed by atoms with Gasteiger partial charge in [0.25, 0.3) is 0 Å². The van der Waals surface area contributed by atoms with Gasteiger partial charge in [0.15, 0.2) is 0 Å². The maximum absolute atomic E-state index is 10.3. The van der Waals surface area contributed by atoms with Crippen LogP contribution in [0.4, 0.5) is 0 Å². The van der Waals surface area contributed by atoms with E-state index >= 15 is 0 Å². The summed E-state index contributed by atoms with van der Waals surface area (Å²) in [4.78, 5) is 10.3. The Morgan fingerprint density at radius 2 is 2.07 bits per heavy atom. The zero-order chi connectivity index (χ0) is 11.4. The molecular formula is C10H11Cl2NO2. The van der Waals surface area contributed by atoms with Gasteiger partial charge in [0.2, 0.25) is 0 Å². The molecule has 0 saturated carbocycles. The Labute approximate surface area is 97.8 Å². The van der Waals surface area contributed by atoms with E-state index in [1.807, 2.05) is 6.07 Å². The van der Waals surface area contributed by atoms with Crippen LogP contribution in [0.15, 0.2) is 18.2 Å². The van der Waals surface area contributed by atoms with Gasteiger partial charge >= 0.3 is 0 Å². The molecule has 1 rings (SSSR count). The minimum Gasteiger partial charge on any atom is -0.550 e. The topological polar surface area (TPSA) is 67.8 Å². The highest BCUT2D eigenvalue weighted by Crippen LogP contribution is 2.23. The first-order valence-electron chi connectivity index (χ1n) is 4.46. The van der Waals surface area contributed by atoms with Gasteiger partial charge in [0.1, 0.15) is 0 Å². The van der Waals surface area contributed by atoms with Gasteiger partial charge in [0, 0.05) is 18.8 Å². The number of carboxylic acids is 1. The third-order valence-corrected chi connectivity index (χ3v) is 2.70. The molecule has 0 aliphatic carbocycles. The Balaban J connectivity index is 2.64. The van der Waals surface area contributed by atoms with E-state index in [2.05, 4.69) is 5.73 Å². The summed E-state index contributed by atoms with van der Waals surface area (Å²) in [5.74, 6) is -1.09. The summed E-state index contributed by atoms with van der Waals surface area (Å²) in [7, 11) is 0. The Morgan fingerprint density at radius 3 is 2.60 bits per heavy atom. The molecule has 0 unspecified atom stereocenters. The molecule has 0 aromatic heterocycles. The van der Waals surface area contributed by atoms with Crippen molar-refractivity contribution in [2.75, 3.05) is 0 Å². The number of hydrogen-bond donors (Lipinski definition) is 1. The van der Waals surface area contributed by atoms with Gasteiger partial charge in [-0.3, -0.25) is 0 Å². The molecule has 82 valence electrons. The third kappa shape index (κ3) is 4.08. The molecule has 15 heavy (non-hydrogen) atoms. The predicted molar refractivity (Wildman–Crippen MR) is 56.5 cm³/mol. The van der Waals surface area contributed by atoms with E-state index in [1.54, 1.807) is 12.1 Å². The van der Waals surface area contributed by atoms with Gasteiger partial charge in [-0.15, -0.1) is 0 Å². The van der Waals surface area contributed by atoms with Crippen LogP contribution in [-0.2, 0) is 11.2 Å². The van der Waals surface area contributed by atoms with Crippen molar-refractivity contribution in [3.8, 4) is 0 Å². The highest BCUT2D eigenvalue weighted by molar-refractivity contribution is 6.42. The Hall–Kier alpha value is -0.770. The second kappa shape index (κ2) is 5.35. The minimum absolute atomic E-state index is 0.0553. The summed E-state index contributed by atoms with van der Waals surface area (Å²) in [5.41, 5.74) is 4.65. The number of carboxylic acid groups (broad SMARTS) is 1. The number of aliphatic carboxylic acids is 1. The molecular weight excluding hydrogens is 237 g/mol. The van der Waals surface area contributed by atoms with E-state index in [4.69, 9.17) is 23.2 Å². The lowest BCUT2D eigenvalue weighted by molar-refractivity contribution is -0.423. The SMILES string of the molecule is [NH3+][C@H](CC(=O)[O-])Cc1ccc(Cl)c(Cl)c1. The molecule has 1 atom stereocenters. The van der Waals surface area contributed by atoms with Crippen molar-refractivity contribution in [2.45, 2.75) is 18.9 Å². The number of rotatable bonds is 4. The van der Waals surface area contributed by atoms with Gasteiger partial charge in [-0.05, 0) is 17.7 Å². The highest BCUT2D eigenvalue weighted by Gasteiger charge is 2.09. The highest BCUT2D eigenvalue weighted by atomic mass is 35.5. The van der Waals surface area contributed by atoms with E-state index in [0.717, 1.165) is 5.56 Å². The normalized spacial score (nSPS) is 12.5. The third-order valence-electron chi connectivity index (χ3n) is 1.96. The quantitative estimate of drug-likeness (QED) is 0.831. The average Bonchev–Trinajstić information content (AvgIpc) is 2.10. The average molecular weight is 248 g/mol. The van der Waals surface area contributed by atoms with Crippen LogP contribution in [0, 0.1) is 0 Å². The largest absolute Gasteiger partial charge is 0.550 e. The lowest BCUT2D eigenvalue weighted by atomic mass is 10.0. The molecule has 0 fully saturated rings. The number of quaternary nitrogens is 1. The van der Waals surface area contributed by atoms with Crippen LogP contribution < -0.4 is 10.8 Å². The first-order valence-corrected chi connectivity index (χ1v) is 5.21. The molecule has 0 aliphatic rings. The molecule has 1 aromatic carbocycles. The smallest absolute Gasteiger partial charge is 0.0937 e. The van der Waals surface area contributed by atoms with Crippen molar-refractivity contribution < 1.29 is 15.6 Å². The molecule has 5 heteroatoms. The van der Waals surface area contributed by atoms with Gasteiger partial charge in [0.05, 0.1) is 16.1 Å². The van der Waals surface area contributed by atoms with Crippen molar-refractivity contribution in [2.24, 2.45) is 0 Å². The predicted octanol–water partition coefficient (Wildman–Crippen LogP) is 0.286. The number of benzene rings is 1. The zero-order valence-electron chi connectivity index (χ0n) is 8.00. The van der Waals surface area contributed by atoms with Gasteiger partial charge in [-0.2, -0.15) is 0 Å². The van der Waals surface area contributed by atoms with Gasteiger partial charge < -0.3 is 15.6 Å². The molecule has 0 radical (unpaired) electrons. The monoisotopic (exact) mass is 247 g/mol. The molecule has 0 amide bonds. The lowest BCUT2D eigenvalue weighted by Crippen LogP contribution is -2.63.